The standard InChI is InChI=1S/C34H32N5O.Pt/c1-21(2)26-14-11-15-27(22(3)4)32(26)38-29-17-7-6-16-28(29)36-34(38)25-13-10-12-24(20-25)33-35-23(5)39(37-33)30-18-8-9-19-31(30)40;/h6-19,21-22,40H,1-5H3;/q-1;. The molecule has 0 amide bonds. The summed E-state index contributed by atoms with van der Waals surface area (Å²) >= 11 is 0. The molecule has 6 aromatic rings. The molecule has 2 heterocycles. The molecule has 0 saturated carbocycles. The van der Waals surface area contributed by atoms with Crippen molar-refractivity contribution in [3.05, 3.63) is 108 Å². The van der Waals surface area contributed by atoms with Crippen LogP contribution in [-0.4, -0.2) is 29.4 Å². The van der Waals surface area contributed by atoms with E-state index in [0.29, 0.717) is 29.2 Å². The van der Waals surface area contributed by atoms with Crippen LogP contribution in [-0.2, 0) is 21.1 Å². The van der Waals surface area contributed by atoms with Gasteiger partial charge >= 0.3 is 0 Å². The molecule has 0 aliphatic rings. The fraction of sp³-hybridized carbons (Fsp3) is 0.206. The molecule has 0 bridgehead atoms. The Morgan fingerprint density at radius 2 is 1.37 bits per heavy atom. The molecule has 7 heteroatoms. The Morgan fingerprint density at radius 3 is 2.07 bits per heavy atom. The molecular weight excluding hydrogens is 689 g/mol. The van der Waals surface area contributed by atoms with E-state index >= 15 is 0 Å². The van der Waals surface area contributed by atoms with Crippen molar-refractivity contribution in [1.29, 1.82) is 0 Å². The van der Waals surface area contributed by atoms with Crippen molar-refractivity contribution in [1.82, 2.24) is 24.3 Å². The maximum atomic E-state index is 10.4. The van der Waals surface area contributed by atoms with Crippen LogP contribution in [0.25, 0.3) is 45.2 Å². The molecule has 0 fully saturated rings. The second kappa shape index (κ2) is 11.5. The first-order valence-electron chi connectivity index (χ1n) is 13.7. The second-order valence-electron chi connectivity index (χ2n) is 10.7. The SMILES string of the molecule is Cc1nc(-c2[c-]c(-c3nc4ccccc4n3-c3c(C(C)C)cccc3C(C)C)ccc2)nn1-c1ccccc1O.[Pt]. The fourth-order valence-electron chi connectivity index (χ4n) is 5.31. The summed E-state index contributed by atoms with van der Waals surface area (Å²) in [4.78, 5) is 9.84. The van der Waals surface area contributed by atoms with Crippen molar-refractivity contribution in [3.63, 3.8) is 0 Å². The first kappa shape index (κ1) is 28.5. The summed E-state index contributed by atoms with van der Waals surface area (Å²) in [5.41, 5.74) is 7.95. The number of phenolic OH excluding ortho intramolecular Hbond substituents is 1. The molecule has 0 aliphatic carbocycles. The molecular formula is C34H32N5OPt-. The van der Waals surface area contributed by atoms with Crippen LogP contribution in [0.1, 0.15) is 56.5 Å². The summed E-state index contributed by atoms with van der Waals surface area (Å²) in [6.07, 6.45) is 0. The number of nitrogens with zero attached hydrogens (tertiary/aromatic N) is 5. The summed E-state index contributed by atoms with van der Waals surface area (Å²) in [6, 6.07) is 31.6. The molecule has 41 heavy (non-hydrogen) atoms. The summed E-state index contributed by atoms with van der Waals surface area (Å²) in [5, 5.41) is 15.1. The van der Waals surface area contributed by atoms with E-state index in [-0.39, 0.29) is 26.8 Å². The average Bonchev–Trinajstić information content (AvgIpc) is 3.53. The Hall–Kier alpha value is -4.02. The average molecular weight is 722 g/mol. The number of aromatic nitrogens is 5. The van der Waals surface area contributed by atoms with Gasteiger partial charge in [-0.1, -0.05) is 81.3 Å². The molecule has 0 unspecified atom stereocenters. The van der Waals surface area contributed by atoms with Gasteiger partial charge in [0, 0.05) is 26.8 Å². The number of benzene rings is 4. The van der Waals surface area contributed by atoms with Gasteiger partial charge in [0.25, 0.3) is 0 Å². The number of hydrogen-bond donors (Lipinski definition) is 1. The third kappa shape index (κ3) is 5.13. The van der Waals surface area contributed by atoms with Gasteiger partial charge in [0.05, 0.1) is 16.9 Å². The summed E-state index contributed by atoms with van der Waals surface area (Å²) in [5.74, 6) is 2.87. The Morgan fingerprint density at radius 1 is 0.732 bits per heavy atom. The van der Waals surface area contributed by atoms with Crippen LogP contribution in [0.5, 0.6) is 5.75 Å². The van der Waals surface area contributed by atoms with Gasteiger partial charge in [0.1, 0.15) is 23.1 Å². The number of fused-ring (bicyclic) bond motifs is 1. The summed E-state index contributed by atoms with van der Waals surface area (Å²) < 4.78 is 3.96. The molecule has 0 radical (unpaired) electrons. The van der Waals surface area contributed by atoms with Gasteiger partial charge in [0.15, 0.2) is 0 Å². The van der Waals surface area contributed by atoms with Gasteiger partial charge in [0.2, 0.25) is 0 Å². The van der Waals surface area contributed by atoms with Crippen LogP contribution in [0, 0.1) is 13.0 Å². The Labute approximate surface area is 255 Å². The Bertz CT molecular complexity index is 1820. The predicted octanol–water partition coefficient (Wildman–Crippen LogP) is 8.00. The van der Waals surface area contributed by atoms with E-state index in [9.17, 15) is 5.11 Å². The molecule has 0 atom stereocenters. The Kier molecular flexibility index (Phi) is 7.97. The number of imidazole rings is 1. The van der Waals surface area contributed by atoms with Crippen molar-refractivity contribution in [2.75, 3.05) is 0 Å². The monoisotopic (exact) mass is 721 g/mol. The molecule has 210 valence electrons. The van der Waals surface area contributed by atoms with Gasteiger partial charge in [-0.3, -0.25) is 9.97 Å². The first-order valence-corrected chi connectivity index (χ1v) is 13.7. The van der Waals surface area contributed by atoms with E-state index in [1.54, 1.807) is 16.8 Å². The number of rotatable bonds is 6. The Balaban J connectivity index is 0.00000337. The number of aryl methyl sites for hydroxylation is 1. The van der Waals surface area contributed by atoms with Crippen LogP contribution in [0.15, 0.2) is 84.9 Å². The number of phenols is 1. The van der Waals surface area contributed by atoms with Gasteiger partial charge in [-0.05, 0) is 54.2 Å². The molecule has 1 N–H and O–H groups in total. The van der Waals surface area contributed by atoms with Crippen molar-refractivity contribution >= 4 is 11.0 Å². The van der Waals surface area contributed by atoms with E-state index in [1.807, 2.05) is 43.3 Å². The minimum Gasteiger partial charge on any atom is -0.506 e. The van der Waals surface area contributed by atoms with Gasteiger partial charge in [-0.2, -0.15) is 5.10 Å². The zero-order valence-electron chi connectivity index (χ0n) is 23.7. The van der Waals surface area contributed by atoms with Crippen LogP contribution >= 0.6 is 0 Å². The third-order valence-corrected chi connectivity index (χ3v) is 7.28. The van der Waals surface area contributed by atoms with E-state index in [2.05, 4.69) is 74.7 Å². The van der Waals surface area contributed by atoms with Gasteiger partial charge in [-0.25, -0.2) is 4.68 Å². The van der Waals surface area contributed by atoms with Crippen LogP contribution in [0.4, 0.5) is 0 Å². The quantitative estimate of drug-likeness (QED) is 0.177. The molecule has 0 saturated heterocycles. The third-order valence-electron chi connectivity index (χ3n) is 7.28. The normalized spacial score (nSPS) is 11.4. The van der Waals surface area contributed by atoms with E-state index in [0.717, 1.165) is 28.0 Å². The van der Waals surface area contributed by atoms with E-state index in [4.69, 9.17) is 15.1 Å². The molecule has 0 aliphatic heterocycles. The largest absolute Gasteiger partial charge is 0.506 e. The van der Waals surface area contributed by atoms with Crippen molar-refractivity contribution in [2.24, 2.45) is 0 Å². The minimum atomic E-state index is 0. The zero-order chi connectivity index (χ0) is 28.0. The topological polar surface area (TPSA) is 68.8 Å². The number of para-hydroxylation sites is 5. The predicted molar refractivity (Wildman–Crippen MR) is 160 cm³/mol. The maximum Gasteiger partial charge on any atom is 0.141 e. The van der Waals surface area contributed by atoms with Crippen molar-refractivity contribution < 1.29 is 26.2 Å². The van der Waals surface area contributed by atoms with Crippen LogP contribution in [0.2, 0.25) is 0 Å². The first-order chi connectivity index (χ1) is 19.3. The summed E-state index contributed by atoms with van der Waals surface area (Å²) in [7, 11) is 0. The van der Waals surface area contributed by atoms with E-state index in [1.165, 1.54) is 16.8 Å². The molecule has 4 aromatic carbocycles. The van der Waals surface area contributed by atoms with Crippen LogP contribution < -0.4 is 0 Å². The molecule has 6 rings (SSSR count). The molecule has 0 spiro atoms. The zero-order valence-corrected chi connectivity index (χ0v) is 26.0. The summed E-state index contributed by atoms with van der Waals surface area (Å²) in [6.45, 7) is 10.8. The number of aromatic hydroxyl groups is 1. The fourth-order valence-corrected chi connectivity index (χ4v) is 5.31. The molecule has 6 nitrogen and oxygen atoms in total. The minimum absolute atomic E-state index is 0. The van der Waals surface area contributed by atoms with Gasteiger partial charge in [-0.15, -0.1) is 24.3 Å². The van der Waals surface area contributed by atoms with Crippen molar-refractivity contribution in [3.8, 4) is 39.9 Å². The smallest absolute Gasteiger partial charge is 0.141 e. The van der Waals surface area contributed by atoms with Gasteiger partial charge < -0.3 is 9.67 Å². The maximum absolute atomic E-state index is 10.4. The van der Waals surface area contributed by atoms with Crippen LogP contribution in [0.3, 0.4) is 0 Å². The van der Waals surface area contributed by atoms with E-state index < -0.39 is 0 Å². The number of hydrogen-bond acceptors (Lipinski definition) is 4. The molecule has 2 aromatic heterocycles. The second-order valence-corrected chi connectivity index (χ2v) is 10.7. The van der Waals surface area contributed by atoms with Crippen molar-refractivity contribution in [2.45, 2.75) is 46.5 Å².